The Balaban J connectivity index is 1.71. The standard InChI is InChI=1S/C15H19N3O3S/c1-2-18(12-6-8-22(19,20)11-12)10-13-9-15(17-21-13)14-5-3-4-7-16-14/h3-5,7,9,12H,2,6,8,10-11H2,1H3/t12-/m0/s1. The van der Waals surface area contributed by atoms with E-state index in [2.05, 4.69) is 15.0 Å². The fraction of sp³-hybridized carbons (Fsp3) is 0.467. The molecule has 0 unspecified atom stereocenters. The van der Waals surface area contributed by atoms with Crippen LogP contribution in [0.15, 0.2) is 35.0 Å². The number of aromatic nitrogens is 2. The van der Waals surface area contributed by atoms with Gasteiger partial charge in [-0.2, -0.15) is 0 Å². The monoisotopic (exact) mass is 321 g/mol. The Morgan fingerprint density at radius 3 is 2.86 bits per heavy atom. The zero-order valence-electron chi connectivity index (χ0n) is 12.5. The first kappa shape index (κ1) is 15.2. The summed E-state index contributed by atoms with van der Waals surface area (Å²) in [5.74, 6) is 1.25. The Labute approximate surface area is 130 Å². The van der Waals surface area contributed by atoms with Crippen molar-refractivity contribution >= 4 is 9.84 Å². The van der Waals surface area contributed by atoms with Crippen molar-refractivity contribution in [1.82, 2.24) is 15.0 Å². The van der Waals surface area contributed by atoms with Gasteiger partial charge in [0.1, 0.15) is 5.69 Å². The molecule has 2 aromatic heterocycles. The maximum Gasteiger partial charge on any atom is 0.151 e. The summed E-state index contributed by atoms with van der Waals surface area (Å²) in [5, 5.41) is 4.05. The number of nitrogens with zero attached hydrogens (tertiary/aromatic N) is 3. The fourth-order valence-electron chi connectivity index (χ4n) is 2.79. The van der Waals surface area contributed by atoms with Gasteiger partial charge < -0.3 is 4.52 Å². The quantitative estimate of drug-likeness (QED) is 0.835. The minimum absolute atomic E-state index is 0.0680. The van der Waals surface area contributed by atoms with E-state index >= 15 is 0 Å². The molecular weight excluding hydrogens is 302 g/mol. The summed E-state index contributed by atoms with van der Waals surface area (Å²) in [4.78, 5) is 6.37. The molecule has 0 aliphatic carbocycles. The van der Waals surface area contributed by atoms with Gasteiger partial charge in [-0.1, -0.05) is 18.1 Å². The van der Waals surface area contributed by atoms with Gasteiger partial charge in [-0.15, -0.1) is 0 Å². The lowest BCUT2D eigenvalue weighted by Crippen LogP contribution is -2.35. The van der Waals surface area contributed by atoms with Crippen LogP contribution in [0.25, 0.3) is 11.4 Å². The average molecular weight is 321 g/mol. The van der Waals surface area contributed by atoms with E-state index in [0.29, 0.717) is 18.7 Å². The topological polar surface area (TPSA) is 76.3 Å². The summed E-state index contributed by atoms with van der Waals surface area (Å²) in [5.41, 5.74) is 1.47. The average Bonchev–Trinajstić information content (AvgIpc) is 3.12. The number of rotatable bonds is 5. The third-order valence-electron chi connectivity index (χ3n) is 3.98. The third-order valence-corrected chi connectivity index (χ3v) is 5.73. The Kier molecular flexibility index (Phi) is 4.26. The second-order valence-corrected chi connectivity index (χ2v) is 7.74. The van der Waals surface area contributed by atoms with Crippen LogP contribution < -0.4 is 0 Å². The first-order valence-corrected chi connectivity index (χ1v) is 9.21. The molecule has 0 bridgehead atoms. The molecule has 1 aliphatic heterocycles. The molecular formula is C15H19N3O3S. The molecule has 0 saturated carbocycles. The normalized spacial score (nSPS) is 20.5. The van der Waals surface area contributed by atoms with Gasteiger partial charge in [0.25, 0.3) is 0 Å². The molecule has 0 spiro atoms. The van der Waals surface area contributed by atoms with Crippen molar-refractivity contribution in [2.45, 2.75) is 25.9 Å². The number of hydrogen-bond donors (Lipinski definition) is 0. The van der Waals surface area contributed by atoms with E-state index < -0.39 is 9.84 Å². The molecule has 118 valence electrons. The minimum Gasteiger partial charge on any atom is -0.359 e. The van der Waals surface area contributed by atoms with E-state index in [1.54, 1.807) is 6.20 Å². The Bertz CT molecular complexity index is 728. The highest BCUT2D eigenvalue weighted by Gasteiger charge is 2.32. The lowest BCUT2D eigenvalue weighted by molar-refractivity contribution is 0.190. The highest BCUT2D eigenvalue weighted by Crippen LogP contribution is 2.22. The van der Waals surface area contributed by atoms with Crippen LogP contribution in [0, 0.1) is 0 Å². The molecule has 2 aromatic rings. The van der Waals surface area contributed by atoms with Crippen LogP contribution in [0.2, 0.25) is 0 Å². The molecule has 0 aromatic carbocycles. The van der Waals surface area contributed by atoms with E-state index in [4.69, 9.17) is 4.52 Å². The maximum atomic E-state index is 11.6. The molecule has 1 atom stereocenters. The molecule has 0 N–H and O–H groups in total. The van der Waals surface area contributed by atoms with Crippen LogP contribution >= 0.6 is 0 Å². The van der Waals surface area contributed by atoms with Gasteiger partial charge >= 0.3 is 0 Å². The highest BCUT2D eigenvalue weighted by atomic mass is 32.2. The third kappa shape index (κ3) is 3.36. The molecule has 3 heterocycles. The van der Waals surface area contributed by atoms with Crippen molar-refractivity contribution in [3.05, 3.63) is 36.2 Å². The first-order valence-electron chi connectivity index (χ1n) is 7.39. The van der Waals surface area contributed by atoms with Crippen molar-refractivity contribution < 1.29 is 12.9 Å². The molecule has 1 aliphatic rings. The Hall–Kier alpha value is -1.73. The Morgan fingerprint density at radius 1 is 1.36 bits per heavy atom. The van der Waals surface area contributed by atoms with Crippen molar-refractivity contribution in [2.75, 3.05) is 18.1 Å². The number of hydrogen-bond acceptors (Lipinski definition) is 6. The fourth-order valence-corrected chi connectivity index (χ4v) is 4.55. The van der Waals surface area contributed by atoms with Crippen molar-refractivity contribution in [1.29, 1.82) is 0 Å². The van der Waals surface area contributed by atoms with Crippen molar-refractivity contribution in [2.24, 2.45) is 0 Å². The maximum absolute atomic E-state index is 11.6. The van der Waals surface area contributed by atoms with Gasteiger partial charge in [0, 0.05) is 18.3 Å². The molecule has 6 nitrogen and oxygen atoms in total. The van der Waals surface area contributed by atoms with Crippen LogP contribution in [-0.2, 0) is 16.4 Å². The van der Waals surface area contributed by atoms with Crippen LogP contribution in [0.3, 0.4) is 0 Å². The largest absolute Gasteiger partial charge is 0.359 e. The number of pyridine rings is 1. The molecule has 1 fully saturated rings. The van der Waals surface area contributed by atoms with Crippen LogP contribution in [0.5, 0.6) is 0 Å². The summed E-state index contributed by atoms with van der Waals surface area (Å²) in [6.07, 6.45) is 2.41. The van der Waals surface area contributed by atoms with Crippen molar-refractivity contribution in [3.63, 3.8) is 0 Å². The minimum atomic E-state index is -2.88. The van der Waals surface area contributed by atoms with E-state index in [1.165, 1.54) is 0 Å². The highest BCUT2D eigenvalue weighted by molar-refractivity contribution is 7.91. The van der Waals surface area contributed by atoms with E-state index in [1.807, 2.05) is 31.2 Å². The summed E-state index contributed by atoms with van der Waals surface area (Å²) in [6.45, 7) is 3.37. The molecule has 22 heavy (non-hydrogen) atoms. The van der Waals surface area contributed by atoms with Crippen molar-refractivity contribution in [3.8, 4) is 11.4 Å². The predicted octanol–water partition coefficient (Wildman–Crippen LogP) is 1.75. The summed E-state index contributed by atoms with van der Waals surface area (Å²) in [6, 6.07) is 7.57. The Morgan fingerprint density at radius 2 is 2.23 bits per heavy atom. The lowest BCUT2D eigenvalue weighted by atomic mass is 10.2. The SMILES string of the molecule is CCN(Cc1cc(-c2ccccn2)no1)[C@H]1CCS(=O)(=O)C1. The molecule has 1 saturated heterocycles. The second-order valence-electron chi connectivity index (χ2n) is 5.51. The van der Waals surface area contributed by atoms with E-state index in [9.17, 15) is 8.42 Å². The summed E-state index contributed by atoms with van der Waals surface area (Å²) in [7, 11) is -2.88. The lowest BCUT2D eigenvalue weighted by Gasteiger charge is -2.24. The van der Waals surface area contributed by atoms with Crippen LogP contribution in [0.1, 0.15) is 19.1 Å². The van der Waals surface area contributed by atoms with Gasteiger partial charge in [-0.05, 0) is 25.1 Å². The zero-order chi connectivity index (χ0) is 15.6. The van der Waals surface area contributed by atoms with Gasteiger partial charge in [-0.3, -0.25) is 9.88 Å². The van der Waals surface area contributed by atoms with Gasteiger partial charge in [0.15, 0.2) is 15.6 Å². The number of sulfone groups is 1. The first-order chi connectivity index (χ1) is 10.6. The predicted molar refractivity (Wildman–Crippen MR) is 82.9 cm³/mol. The van der Waals surface area contributed by atoms with Gasteiger partial charge in [0.05, 0.1) is 23.7 Å². The molecule has 0 amide bonds. The summed E-state index contributed by atoms with van der Waals surface area (Å²) < 4.78 is 28.6. The zero-order valence-corrected chi connectivity index (χ0v) is 13.3. The van der Waals surface area contributed by atoms with Crippen LogP contribution in [-0.4, -0.2) is 47.6 Å². The second kappa shape index (κ2) is 6.18. The molecule has 7 heteroatoms. The van der Waals surface area contributed by atoms with Crippen LogP contribution in [0.4, 0.5) is 0 Å². The molecule has 0 radical (unpaired) electrons. The van der Waals surface area contributed by atoms with E-state index in [-0.39, 0.29) is 17.5 Å². The smallest absolute Gasteiger partial charge is 0.151 e. The van der Waals surface area contributed by atoms with Gasteiger partial charge in [0.2, 0.25) is 0 Å². The molecule has 3 rings (SSSR count). The summed E-state index contributed by atoms with van der Waals surface area (Å²) >= 11 is 0. The van der Waals surface area contributed by atoms with E-state index in [0.717, 1.165) is 18.0 Å². The van der Waals surface area contributed by atoms with Gasteiger partial charge in [-0.25, -0.2) is 8.42 Å².